The van der Waals surface area contributed by atoms with Gasteiger partial charge in [0.25, 0.3) is 0 Å². The molecule has 1 N–H and O–H groups in total. The Balaban J connectivity index is 1.97. The average Bonchev–Trinajstić information content (AvgIpc) is 2.81. The van der Waals surface area contributed by atoms with Crippen LogP contribution in [-0.2, 0) is 18.2 Å². The molecule has 0 amide bonds. The first-order valence-corrected chi connectivity index (χ1v) is 6.95. The van der Waals surface area contributed by atoms with Gasteiger partial charge in [-0.25, -0.2) is 4.98 Å². The Morgan fingerprint density at radius 3 is 3.11 bits per heavy atom. The molecule has 2 rings (SSSR count). The molecule has 5 heteroatoms. The van der Waals surface area contributed by atoms with Crippen LogP contribution in [0.3, 0.4) is 0 Å². The van der Waals surface area contributed by atoms with Crippen molar-refractivity contribution in [3.05, 3.63) is 12.2 Å². The van der Waals surface area contributed by atoms with Crippen molar-refractivity contribution in [2.45, 2.75) is 38.6 Å². The van der Waals surface area contributed by atoms with Crippen LogP contribution in [0.4, 0.5) is 0 Å². The van der Waals surface area contributed by atoms with E-state index in [1.807, 2.05) is 11.7 Å². The number of hydrogen-bond acceptors (Lipinski definition) is 4. The maximum Gasteiger partial charge on any atom is 0.138 e. The number of nitrogens with one attached hydrogen (secondary N) is 1. The number of aromatic nitrogens is 3. The van der Waals surface area contributed by atoms with Gasteiger partial charge in [0.2, 0.25) is 0 Å². The van der Waals surface area contributed by atoms with E-state index in [0.717, 1.165) is 38.4 Å². The van der Waals surface area contributed by atoms with Gasteiger partial charge in [0.15, 0.2) is 0 Å². The lowest BCUT2D eigenvalue weighted by Crippen LogP contribution is -2.42. The van der Waals surface area contributed by atoms with Gasteiger partial charge >= 0.3 is 0 Å². The van der Waals surface area contributed by atoms with Gasteiger partial charge in [-0.2, -0.15) is 5.10 Å². The fourth-order valence-corrected chi connectivity index (χ4v) is 2.52. The second-order valence-corrected chi connectivity index (χ2v) is 5.04. The Kier molecular flexibility index (Phi) is 5.13. The molecule has 1 aliphatic rings. The van der Waals surface area contributed by atoms with Crippen molar-refractivity contribution in [3.8, 4) is 0 Å². The van der Waals surface area contributed by atoms with E-state index >= 15 is 0 Å². The highest BCUT2D eigenvalue weighted by Crippen LogP contribution is 2.19. The Labute approximate surface area is 109 Å². The van der Waals surface area contributed by atoms with E-state index in [0.29, 0.717) is 12.0 Å². The number of nitrogens with zero attached hydrogens (tertiary/aromatic N) is 3. The summed E-state index contributed by atoms with van der Waals surface area (Å²) in [7, 11) is 1.95. The molecule has 0 aliphatic carbocycles. The van der Waals surface area contributed by atoms with Crippen molar-refractivity contribution >= 4 is 0 Å². The number of hydrogen-bond donors (Lipinski definition) is 1. The van der Waals surface area contributed by atoms with Crippen molar-refractivity contribution in [2.24, 2.45) is 13.0 Å². The summed E-state index contributed by atoms with van der Waals surface area (Å²) in [5.41, 5.74) is 0. The summed E-state index contributed by atoms with van der Waals surface area (Å²) in [6.45, 7) is 5.04. The third kappa shape index (κ3) is 3.53. The Bertz CT molecular complexity index is 347. The van der Waals surface area contributed by atoms with E-state index in [1.54, 1.807) is 6.33 Å². The molecular formula is C13H24N4O. The van der Waals surface area contributed by atoms with E-state index in [-0.39, 0.29) is 0 Å². The Hall–Kier alpha value is -0.940. The standard InChI is InChI=1S/C13H24N4O/c1-3-6-14-12(11-5-4-7-18-9-11)8-13-15-10-16-17(13)2/h10-12,14H,3-9H2,1-2H3. The summed E-state index contributed by atoms with van der Waals surface area (Å²) in [6.07, 6.45) is 6.14. The van der Waals surface area contributed by atoms with Crippen LogP contribution in [0.25, 0.3) is 0 Å². The fraction of sp³-hybridized carbons (Fsp3) is 0.846. The minimum Gasteiger partial charge on any atom is -0.381 e. The molecule has 18 heavy (non-hydrogen) atoms. The van der Waals surface area contributed by atoms with Gasteiger partial charge in [-0.15, -0.1) is 0 Å². The summed E-state index contributed by atoms with van der Waals surface area (Å²) >= 11 is 0. The fourth-order valence-electron chi connectivity index (χ4n) is 2.52. The summed E-state index contributed by atoms with van der Waals surface area (Å²) in [6, 6.07) is 0.452. The van der Waals surface area contributed by atoms with Crippen LogP contribution < -0.4 is 5.32 Å². The van der Waals surface area contributed by atoms with Gasteiger partial charge in [0.05, 0.1) is 6.61 Å². The zero-order valence-corrected chi connectivity index (χ0v) is 11.4. The normalized spacial score (nSPS) is 22.0. The molecule has 1 aliphatic heterocycles. The lowest BCUT2D eigenvalue weighted by Gasteiger charge is -2.30. The molecule has 1 saturated heterocycles. The predicted molar refractivity (Wildman–Crippen MR) is 70.3 cm³/mol. The first-order valence-electron chi connectivity index (χ1n) is 6.95. The van der Waals surface area contributed by atoms with Crippen LogP contribution in [0.5, 0.6) is 0 Å². The summed E-state index contributed by atoms with van der Waals surface area (Å²) in [5.74, 6) is 1.65. The molecule has 0 radical (unpaired) electrons. The molecule has 1 fully saturated rings. The summed E-state index contributed by atoms with van der Waals surface area (Å²) in [5, 5.41) is 7.79. The highest BCUT2D eigenvalue weighted by atomic mass is 16.5. The third-order valence-corrected chi connectivity index (χ3v) is 3.63. The summed E-state index contributed by atoms with van der Waals surface area (Å²) < 4.78 is 7.48. The SMILES string of the molecule is CCCNC(Cc1ncnn1C)C1CCCOC1. The van der Waals surface area contributed by atoms with Gasteiger partial charge in [-0.3, -0.25) is 4.68 Å². The van der Waals surface area contributed by atoms with Crippen molar-refractivity contribution in [3.63, 3.8) is 0 Å². The van der Waals surface area contributed by atoms with Crippen LogP contribution in [0, 0.1) is 5.92 Å². The largest absolute Gasteiger partial charge is 0.381 e. The Morgan fingerprint density at radius 2 is 2.50 bits per heavy atom. The van der Waals surface area contributed by atoms with Gasteiger partial charge in [0, 0.05) is 26.1 Å². The molecule has 0 bridgehead atoms. The number of ether oxygens (including phenoxy) is 1. The van der Waals surface area contributed by atoms with E-state index in [1.165, 1.54) is 12.8 Å². The van der Waals surface area contributed by atoms with E-state index < -0.39 is 0 Å². The topological polar surface area (TPSA) is 52.0 Å². The molecule has 102 valence electrons. The number of rotatable bonds is 6. The molecule has 5 nitrogen and oxygen atoms in total. The highest BCUT2D eigenvalue weighted by molar-refractivity contribution is 4.92. The van der Waals surface area contributed by atoms with Gasteiger partial charge in [0.1, 0.15) is 12.2 Å². The number of aryl methyl sites for hydroxylation is 1. The monoisotopic (exact) mass is 252 g/mol. The predicted octanol–water partition coefficient (Wildman–Crippen LogP) is 1.15. The van der Waals surface area contributed by atoms with Crippen molar-refractivity contribution < 1.29 is 4.74 Å². The quantitative estimate of drug-likeness (QED) is 0.825. The van der Waals surface area contributed by atoms with Crippen LogP contribution in [0.15, 0.2) is 6.33 Å². The molecular weight excluding hydrogens is 228 g/mol. The molecule has 0 aromatic carbocycles. The van der Waals surface area contributed by atoms with Crippen molar-refractivity contribution in [2.75, 3.05) is 19.8 Å². The van der Waals surface area contributed by atoms with E-state index in [4.69, 9.17) is 4.74 Å². The molecule has 1 aromatic heterocycles. The second kappa shape index (κ2) is 6.85. The van der Waals surface area contributed by atoms with Crippen LogP contribution >= 0.6 is 0 Å². The minimum absolute atomic E-state index is 0.452. The molecule has 2 heterocycles. The maximum atomic E-state index is 5.61. The van der Waals surface area contributed by atoms with Crippen molar-refractivity contribution in [1.82, 2.24) is 20.1 Å². The smallest absolute Gasteiger partial charge is 0.138 e. The minimum atomic E-state index is 0.452. The molecule has 0 saturated carbocycles. The zero-order valence-electron chi connectivity index (χ0n) is 11.4. The lowest BCUT2D eigenvalue weighted by molar-refractivity contribution is 0.0389. The Morgan fingerprint density at radius 1 is 1.61 bits per heavy atom. The third-order valence-electron chi connectivity index (χ3n) is 3.63. The van der Waals surface area contributed by atoms with Crippen LogP contribution in [-0.4, -0.2) is 40.6 Å². The first kappa shape index (κ1) is 13.5. The lowest BCUT2D eigenvalue weighted by atomic mass is 9.91. The molecule has 2 atom stereocenters. The average molecular weight is 252 g/mol. The van der Waals surface area contributed by atoms with Crippen LogP contribution in [0.1, 0.15) is 32.0 Å². The maximum absolute atomic E-state index is 5.61. The molecule has 1 aromatic rings. The highest BCUT2D eigenvalue weighted by Gasteiger charge is 2.25. The van der Waals surface area contributed by atoms with Gasteiger partial charge < -0.3 is 10.1 Å². The van der Waals surface area contributed by atoms with Crippen LogP contribution in [0.2, 0.25) is 0 Å². The summed E-state index contributed by atoms with van der Waals surface area (Å²) in [4.78, 5) is 4.33. The first-order chi connectivity index (χ1) is 8.81. The second-order valence-electron chi connectivity index (χ2n) is 5.04. The van der Waals surface area contributed by atoms with E-state index in [2.05, 4.69) is 22.3 Å². The van der Waals surface area contributed by atoms with E-state index in [9.17, 15) is 0 Å². The zero-order chi connectivity index (χ0) is 12.8. The molecule has 2 unspecified atom stereocenters. The van der Waals surface area contributed by atoms with Gasteiger partial charge in [-0.1, -0.05) is 6.92 Å². The van der Waals surface area contributed by atoms with Gasteiger partial charge in [-0.05, 0) is 31.7 Å². The molecule has 0 spiro atoms. The van der Waals surface area contributed by atoms with Crippen molar-refractivity contribution in [1.29, 1.82) is 0 Å².